The van der Waals surface area contributed by atoms with Crippen molar-refractivity contribution in [2.45, 2.75) is 33.1 Å². The van der Waals surface area contributed by atoms with Crippen molar-refractivity contribution in [2.24, 2.45) is 0 Å². The molecular weight excluding hydrogens is 270 g/mol. The van der Waals surface area contributed by atoms with E-state index in [2.05, 4.69) is 40.4 Å². The monoisotopic (exact) mass is 289 g/mol. The maximum absolute atomic E-state index is 5.74. The van der Waals surface area contributed by atoms with Gasteiger partial charge in [0.1, 0.15) is 11.6 Å². The second kappa shape index (κ2) is 7.25. The normalized spacial score (nSPS) is 10.6. The number of hydrogen-bond donors (Lipinski definition) is 1. The van der Waals surface area contributed by atoms with Crippen LogP contribution in [0.2, 0.25) is 0 Å². The van der Waals surface area contributed by atoms with Gasteiger partial charge >= 0.3 is 0 Å². The highest BCUT2D eigenvalue weighted by Gasteiger charge is 2.02. The highest BCUT2D eigenvalue weighted by Crippen LogP contribution is 2.18. The Labute approximate surface area is 125 Å². The van der Waals surface area contributed by atoms with Gasteiger partial charge in [0.05, 0.1) is 0 Å². The number of nitrogens with one attached hydrogen (secondary N) is 1. The Bertz CT molecular complexity index is 569. The molecule has 2 rings (SSSR count). The van der Waals surface area contributed by atoms with E-state index in [1.165, 1.54) is 5.56 Å². The molecule has 1 N–H and O–H groups in total. The van der Waals surface area contributed by atoms with Crippen LogP contribution in [0.4, 0.5) is 11.5 Å². The average molecular weight is 290 g/mol. The standard InChI is InChI=1S/C16H20ClN3/c1-3-14-11-16(19-12(2)18-14)20-15-8-4-6-13(10-15)7-5-9-17/h4,6,8,10-11H,3,5,7,9H2,1-2H3,(H,18,19,20). The van der Waals surface area contributed by atoms with Crippen LogP contribution in [0.3, 0.4) is 0 Å². The molecule has 0 unspecified atom stereocenters. The fraction of sp³-hybridized carbons (Fsp3) is 0.375. The molecule has 1 heterocycles. The van der Waals surface area contributed by atoms with Crippen molar-refractivity contribution in [3.05, 3.63) is 47.4 Å². The van der Waals surface area contributed by atoms with Crippen LogP contribution < -0.4 is 5.32 Å². The molecule has 0 fully saturated rings. The van der Waals surface area contributed by atoms with Crippen LogP contribution in [0.25, 0.3) is 0 Å². The Balaban J connectivity index is 2.15. The van der Waals surface area contributed by atoms with Gasteiger partial charge in [-0.2, -0.15) is 0 Å². The van der Waals surface area contributed by atoms with Crippen molar-refractivity contribution in [1.29, 1.82) is 0 Å². The lowest BCUT2D eigenvalue weighted by atomic mass is 10.1. The molecular formula is C16H20ClN3. The van der Waals surface area contributed by atoms with Crippen molar-refractivity contribution in [1.82, 2.24) is 9.97 Å². The quantitative estimate of drug-likeness (QED) is 0.807. The molecule has 3 nitrogen and oxygen atoms in total. The van der Waals surface area contributed by atoms with Gasteiger partial charge in [-0.25, -0.2) is 9.97 Å². The van der Waals surface area contributed by atoms with Gasteiger partial charge in [-0.05, 0) is 43.9 Å². The minimum absolute atomic E-state index is 0.697. The number of rotatable bonds is 6. The zero-order chi connectivity index (χ0) is 14.4. The summed E-state index contributed by atoms with van der Waals surface area (Å²) in [6.07, 6.45) is 2.91. The van der Waals surface area contributed by atoms with Crippen LogP contribution in [0.1, 0.15) is 30.4 Å². The third-order valence-electron chi connectivity index (χ3n) is 3.05. The minimum atomic E-state index is 0.697. The largest absolute Gasteiger partial charge is 0.340 e. The van der Waals surface area contributed by atoms with Crippen LogP contribution in [0, 0.1) is 6.92 Å². The predicted octanol–water partition coefficient (Wildman–Crippen LogP) is 4.26. The molecule has 0 amide bonds. The lowest BCUT2D eigenvalue weighted by Crippen LogP contribution is -2.00. The molecule has 0 spiro atoms. The van der Waals surface area contributed by atoms with Crippen molar-refractivity contribution in [2.75, 3.05) is 11.2 Å². The lowest BCUT2D eigenvalue weighted by molar-refractivity contribution is 0.929. The van der Waals surface area contributed by atoms with Crippen LogP contribution in [-0.4, -0.2) is 15.8 Å². The molecule has 20 heavy (non-hydrogen) atoms. The Kier molecular flexibility index (Phi) is 5.36. The van der Waals surface area contributed by atoms with Gasteiger partial charge in [0.2, 0.25) is 0 Å². The topological polar surface area (TPSA) is 37.8 Å². The maximum atomic E-state index is 5.74. The highest BCUT2D eigenvalue weighted by molar-refractivity contribution is 6.17. The zero-order valence-corrected chi connectivity index (χ0v) is 12.7. The molecule has 0 aliphatic carbocycles. The molecule has 0 aliphatic heterocycles. The Morgan fingerprint density at radius 2 is 2.05 bits per heavy atom. The first kappa shape index (κ1) is 14.8. The van der Waals surface area contributed by atoms with Crippen molar-refractivity contribution in [3.8, 4) is 0 Å². The summed E-state index contributed by atoms with van der Waals surface area (Å²) in [5.41, 5.74) is 3.40. The molecule has 2 aromatic rings. The molecule has 0 atom stereocenters. The zero-order valence-electron chi connectivity index (χ0n) is 12.0. The van der Waals surface area contributed by atoms with E-state index in [-0.39, 0.29) is 0 Å². The van der Waals surface area contributed by atoms with E-state index >= 15 is 0 Å². The molecule has 0 saturated heterocycles. The first-order valence-corrected chi connectivity index (χ1v) is 7.51. The van der Waals surface area contributed by atoms with Gasteiger partial charge in [0.15, 0.2) is 0 Å². The molecule has 106 valence electrons. The second-order valence-electron chi connectivity index (χ2n) is 4.76. The summed E-state index contributed by atoms with van der Waals surface area (Å²) in [5.74, 6) is 2.34. The first-order valence-electron chi connectivity index (χ1n) is 6.97. The SMILES string of the molecule is CCc1cc(Nc2cccc(CCCCl)c2)nc(C)n1. The third-order valence-corrected chi connectivity index (χ3v) is 3.32. The number of nitrogens with zero attached hydrogens (tertiary/aromatic N) is 2. The van der Waals surface area contributed by atoms with E-state index in [4.69, 9.17) is 11.6 Å². The average Bonchev–Trinajstić information content (AvgIpc) is 2.45. The Hall–Kier alpha value is -1.61. The van der Waals surface area contributed by atoms with Crippen LogP contribution >= 0.6 is 11.6 Å². The van der Waals surface area contributed by atoms with Crippen molar-refractivity contribution < 1.29 is 0 Å². The number of halogens is 1. The molecule has 0 radical (unpaired) electrons. The van der Waals surface area contributed by atoms with Gasteiger partial charge in [0, 0.05) is 23.3 Å². The lowest BCUT2D eigenvalue weighted by Gasteiger charge is -2.09. The number of anilines is 2. The van der Waals surface area contributed by atoms with Gasteiger partial charge in [-0.1, -0.05) is 19.1 Å². The number of aromatic nitrogens is 2. The Morgan fingerprint density at radius 3 is 2.80 bits per heavy atom. The van der Waals surface area contributed by atoms with E-state index in [9.17, 15) is 0 Å². The molecule has 1 aromatic heterocycles. The van der Waals surface area contributed by atoms with Gasteiger partial charge in [0.25, 0.3) is 0 Å². The minimum Gasteiger partial charge on any atom is -0.340 e. The smallest absolute Gasteiger partial charge is 0.134 e. The van der Waals surface area contributed by atoms with Crippen LogP contribution in [0.5, 0.6) is 0 Å². The number of aryl methyl sites for hydroxylation is 3. The summed E-state index contributed by atoms with van der Waals surface area (Å²) in [6, 6.07) is 10.4. The van der Waals surface area contributed by atoms with Crippen LogP contribution in [0.15, 0.2) is 30.3 Å². The summed E-state index contributed by atoms with van der Waals surface area (Å²) < 4.78 is 0. The number of alkyl halides is 1. The van der Waals surface area contributed by atoms with E-state index in [1.54, 1.807) is 0 Å². The van der Waals surface area contributed by atoms with E-state index in [0.29, 0.717) is 5.88 Å². The second-order valence-corrected chi connectivity index (χ2v) is 5.14. The fourth-order valence-corrected chi connectivity index (χ4v) is 2.23. The van der Waals surface area contributed by atoms with E-state index in [1.807, 2.05) is 19.1 Å². The van der Waals surface area contributed by atoms with Crippen molar-refractivity contribution >= 4 is 23.1 Å². The number of benzene rings is 1. The molecule has 0 aliphatic rings. The summed E-state index contributed by atoms with van der Waals surface area (Å²) in [7, 11) is 0. The first-order chi connectivity index (χ1) is 9.71. The molecule has 0 bridgehead atoms. The van der Waals surface area contributed by atoms with E-state index in [0.717, 1.165) is 42.3 Å². The summed E-state index contributed by atoms with van der Waals surface area (Å²) in [6.45, 7) is 4.01. The molecule has 1 aromatic carbocycles. The fourth-order valence-electron chi connectivity index (χ4n) is 2.10. The summed E-state index contributed by atoms with van der Waals surface area (Å²) >= 11 is 5.74. The maximum Gasteiger partial charge on any atom is 0.134 e. The van der Waals surface area contributed by atoms with Gasteiger partial charge in [-0.3, -0.25) is 0 Å². The third kappa shape index (κ3) is 4.20. The number of hydrogen-bond acceptors (Lipinski definition) is 3. The molecule has 4 heteroatoms. The van der Waals surface area contributed by atoms with E-state index < -0.39 is 0 Å². The van der Waals surface area contributed by atoms with Gasteiger partial charge in [-0.15, -0.1) is 11.6 Å². The predicted molar refractivity (Wildman–Crippen MR) is 84.9 cm³/mol. The highest BCUT2D eigenvalue weighted by atomic mass is 35.5. The van der Waals surface area contributed by atoms with Gasteiger partial charge < -0.3 is 5.32 Å². The molecule has 0 saturated carbocycles. The van der Waals surface area contributed by atoms with Crippen LogP contribution in [-0.2, 0) is 12.8 Å². The Morgan fingerprint density at radius 1 is 1.20 bits per heavy atom. The van der Waals surface area contributed by atoms with Crippen molar-refractivity contribution in [3.63, 3.8) is 0 Å². The summed E-state index contributed by atoms with van der Waals surface area (Å²) in [4.78, 5) is 8.81. The summed E-state index contributed by atoms with van der Waals surface area (Å²) in [5, 5.41) is 3.35.